The highest BCUT2D eigenvalue weighted by molar-refractivity contribution is 8.46. The molecule has 506 valence electrons. The van der Waals surface area contributed by atoms with Crippen molar-refractivity contribution in [1.82, 2.24) is 36.8 Å². The second-order valence-electron chi connectivity index (χ2n) is 21.4. The van der Waals surface area contributed by atoms with E-state index in [1.807, 2.05) is 0 Å². The number of aliphatic hydroxyl groups is 9. The van der Waals surface area contributed by atoms with Crippen LogP contribution in [0.4, 0.5) is 0 Å². The van der Waals surface area contributed by atoms with Crippen molar-refractivity contribution in [2.24, 2.45) is 0 Å². The SMILES string of the molecule is COC(CO)C(O)C(O)C(NC(C)=O)OCCOCCNC(=O)CN(CC(=O)NCCOCCOC1OC(CO)C(O)C(O)C1NC(C)=O)C(Cc1ccc(OP(=O)(S)C(C)(C)C)cc1)C(=O)NCCOCCOC1OC(CO)C(O)C(O)C1NC(C)=O. The van der Waals surface area contributed by atoms with Gasteiger partial charge in [0.15, 0.2) is 18.8 Å². The Morgan fingerprint density at radius 2 is 1.10 bits per heavy atom. The molecule has 88 heavy (non-hydrogen) atoms. The van der Waals surface area contributed by atoms with Crippen molar-refractivity contribution in [3.8, 4) is 5.75 Å². The Morgan fingerprint density at radius 1 is 0.648 bits per heavy atom. The first-order valence-electron chi connectivity index (χ1n) is 28.4. The molecule has 16 atom stereocenters. The monoisotopic (exact) mass is 1310 g/mol. The summed E-state index contributed by atoms with van der Waals surface area (Å²) in [6.07, 6.45) is -17.2. The Hall–Kier alpha value is -4.34. The third-order valence-corrected chi connectivity index (χ3v) is 17.7. The first-order chi connectivity index (χ1) is 41.6. The van der Waals surface area contributed by atoms with Crippen LogP contribution in [0.3, 0.4) is 0 Å². The van der Waals surface area contributed by atoms with E-state index in [1.165, 1.54) is 38.0 Å². The summed E-state index contributed by atoms with van der Waals surface area (Å²) in [5.41, 5.74) is 0.514. The lowest BCUT2D eigenvalue weighted by Gasteiger charge is -2.42. The van der Waals surface area contributed by atoms with Gasteiger partial charge in [-0.25, -0.2) is 0 Å². The van der Waals surface area contributed by atoms with Crippen molar-refractivity contribution in [2.45, 2.75) is 145 Å². The Balaban J connectivity index is 1.77. The minimum absolute atomic E-state index is 0.0774. The largest absolute Gasteiger partial charge is 0.436 e. The average molecular weight is 1310 g/mol. The fourth-order valence-electron chi connectivity index (χ4n) is 8.58. The zero-order valence-electron chi connectivity index (χ0n) is 50.5. The van der Waals surface area contributed by atoms with Crippen LogP contribution in [0.5, 0.6) is 5.75 Å². The molecule has 0 radical (unpaired) electrons. The number of thiol groups is 1. The highest BCUT2D eigenvalue weighted by Gasteiger charge is 2.47. The minimum atomic E-state index is -3.48. The van der Waals surface area contributed by atoms with Crippen LogP contribution < -0.4 is 36.4 Å². The number of nitrogens with one attached hydrogen (secondary N) is 6. The maximum atomic E-state index is 14.4. The molecule has 0 bridgehead atoms. The fourth-order valence-corrected chi connectivity index (χ4v) is 9.55. The Kier molecular flexibility index (Phi) is 35.2. The van der Waals surface area contributed by atoms with Crippen LogP contribution in [-0.2, 0) is 82.4 Å². The molecule has 2 saturated heterocycles. The molecule has 6 amide bonds. The normalized spacial score (nSPS) is 24.6. The number of hydrogen-bond donors (Lipinski definition) is 16. The third-order valence-electron chi connectivity index (χ3n) is 13.5. The average Bonchev–Trinajstić information content (AvgIpc) is 1.69. The van der Waals surface area contributed by atoms with E-state index in [2.05, 4.69) is 44.1 Å². The predicted octanol–water partition coefficient (Wildman–Crippen LogP) is -6.27. The van der Waals surface area contributed by atoms with Crippen LogP contribution in [0.2, 0.25) is 0 Å². The highest BCUT2D eigenvalue weighted by Crippen LogP contribution is 2.62. The molecule has 1 aromatic rings. The van der Waals surface area contributed by atoms with Crippen molar-refractivity contribution in [2.75, 3.05) is 119 Å². The van der Waals surface area contributed by atoms with E-state index < -0.39 is 172 Å². The van der Waals surface area contributed by atoms with Crippen molar-refractivity contribution in [3.05, 3.63) is 29.8 Å². The summed E-state index contributed by atoms with van der Waals surface area (Å²) in [5.74, 6) is -3.43. The van der Waals surface area contributed by atoms with Gasteiger partial charge < -0.3 is 125 Å². The molecule has 15 N–H and O–H groups in total. The van der Waals surface area contributed by atoms with Gasteiger partial charge in [-0.2, -0.15) is 0 Å². The molecule has 2 fully saturated rings. The van der Waals surface area contributed by atoms with Gasteiger partial charge in [0.2, 0.25) is 35.4 Å². The van der Waals surface area contributed by atoms with E-state index in [-0.39, 0.29) is 91.3 Å². The molecule has 2 aliphatic rings. The van der Waals surface area contributed by atoms with Crippen LogP contribution in [-0.4, -0.2) is 302 Å². The summed E-state index contributed by atoms with van der Waals surface area (Å²) in [4.78, 5) is 78.7. The molecule has 35 heteroatoms. The lowest BCUT2D eigenvalue weighted by Crippen LogP contribution is -2.64. The van der Waals surface area contributed by atoms with E-state index >= 15 is 0 Å². The molecular weight excluding hydrogens is 1210 g/mol. The second-order valence-corrected chi connectivity index (χ2v) is 25.6. The van der Waals surface area contributed by atoms with Gasteiger partial charge in [-0.05, 0) is 44.9 Å². The minimum Gasteiger partial charge on any atom is -0.436 e. The lowest BCUT2D eigenvalue weighted by atomic mass is 9.97. The highest BCUT2D eigenvalue weighted by atomic mass is 32.7. The number of hydrogen-bond acceptors (Lipinski definition) is 27. The number of methoxy groups -OCH3 is 1. The number of ether oxygens (including phenoxy) is 9. The fraction of sp³-hybridized carbons (Fsp3) is 0.774. The first-order valence-corrected chi connectivity index (χ1v) is 31.2. The maximum absolute atomic E-state index is 14.4. The first kappa shape index (κ1) is 77.9. The molecule has 0 saturated carbocycles. The zero-order valence-corrected chi connectivity index (χ0v) is 52.3. The lowest BCUT2D eigenvalue weighted by molar-refractivity contribution is -0.272. The van der Waals surface area contributed by atoms with Crippen LogP contribution in [0.1, 0.15) is 47.1 Å². The summed E-state index contributed by atoms with van der Waals surface area (Å²) in [5, 5.41) is 106. The van der Waals surface area contributed by atoms with Gasteiger partial charge in [0.1, 0.15) is 72.8 Å². The van der Waals surface area contributed by atoms with Crippen molar-refractivity contribution in [3.63, 3.8) is 0 Å². The molecule has 1 aromatic carbocycles. The van der Waals surface area contributed by atoms with Gasteiger partial charge in [-0.15, -0.1) is 0 Å². The summed E-state index contributed by atoms with van der Waals surface area (Å²) < 4.78 is 68.9. The van der Waals surface area contributed by atoms with Crippen molar-refractivity contribution < 1.29 is 126 Å². The molecule has 0 aliphatic carbocycles. The summed E-state index contributed by atoms with van der Waals surface area (Å²) in [7, 11) is 1.21. The third kappa shape index (κ3) is 26.5. The van der Waals surface area contributed by atoms with Crippen LogP contribution in [0, 0.1) is 0 Å². The number of nitrogens with zero attached hydrogens (tertiary/aromatic N) is 1. The Morgan fingerprint density at radius 3 is 1.51 bits per heavy atom. The van der Waals surface area contributed by atoms with Crippen LogP contribution in [0.15, 0.2) is 24.3 Å². The van der Waals surface area contributed by atoms with Gasteiger partial charge >= 0.3 is 6.57 Å². The molecule has 0 spiro atoms. The standard InChI is InChI=1S/C53H92N7O26PS/c1-30(64)57-41-46(72)44(70)37(28-62)84-51(41)82-22-19-79-16-13-55-40(68)26-60(25-39(67)54-12-15-78-18-21-81-50(59-32(3)66)48(74)43(69)36(27-61)77-7)35(24-33-8-10-34(11-9-33)86-87(76,88)53(4,5)6)49(75)56-14-17-80-20-23-83-52-42(58-31(2)65)47(73)45(71)38(29-63)85-52/h8-11,35-38,41-48,50-52,61-63,69-74H,12-29H2,1-7H3,(H,54,67)(H,55,68)(H,56,75)(H,57,64)(H,58,65)(H,59,66)(H,76,88). The van der Waals surface area contributed by atoms with Crippen LogP contribution in [0.25, 0.3) is 0 Å². The maximum Gasteiger partial charge on any atom is 0.305 e. The number of aliphatic hydroxyl groups excluding tert-OH is 9. The summed E-state index contributed by atoms with van der Waals surface area (Å²) >= 11 is 4.30. The molecule has 2 aliphatic heterocycles. The molecule has 0 aromatic heterocycles. The Labute approximate surface area is 515 Å². The van der Waals surface area contributed by atoms with Gasteiger partial charge in [0.25, 0.3) is 0 Å². The van der Waals surface area contributed by atoms with Crippen molar-refractivity contribution >= 4 is 54.3 Å². The number of carbonyl (C=O) groups excluding carboxylic acids is 6. The van der Waals surface area contributed by atoms with Crippen LogP contribution >= 0.6 is 18.8 Å². The smallest absolute Gasteiger partial charge is 0.305 e. The van der Waals surface area contributed by atoms with Gasteiger partial charge in [0.05, 0.1) is 104 Å². The van der Waals surface area contributed by atoms with E-state index in [1.54, 1.807) is 32.9 Å². The molecule has 33 nitrogen and oxygen atoms in total. The molecule has 2 heterocycles. The van der Waals surface area contributed by atoms with E-state index in [0.717, 1.165) is 6.92 Å². The quantitative estimate of drug-likeness (QED) is 0.0125. The predicted molar refractivity (Wildman–Crippen MR) is 310 cm³/mol. The molecule has 16 unspecified atom stereocenters. The number of rotatable bonds is 41. The Bertz CT molecular complexity index is 2310. The van der Waals surface area contributed by atoms with E-state index in [0.29, 0.717) is 5.56 Å². The van der Waals surface area contributed by atoms with Gasteiger partial charge in [0, 0.05) is 47.5 Å². The second kappa shape index (κ2) is 39.8. The van der Waals surface area contributed by atoms with Crippen molar-refractivity contribution in [1.29, 1.82) is 0 Å². The summed E-state index contributed by atoms with van der Waals surface area (Å²) in [6.45, 7) is 0.738. The zero-order chi connectivity index (χ0) is 65.7. The number of amides is 6. The summed E-state index contributed by atoms with van der Waals surface area (Å²) in [6, 6.07) is 2.64. The molecule has 3 rings (SSSR count). The number of benzene rings is 1. The van der Waals surface area contributed by atoms with Gasteiger partial charge in [-0.1, -0.05) is 24.4 Å². The molecular formula is C53H92N7O26PS. The van der Waals surface area contributed by atoms with Gasteiger partial charge in [-0.3, -0.25) is 38.2 Å². The van der Waals surface area contributed by atoms with E-state index in [9.17, 15) is 79.3 Å². The topological polar surface area (TPSA) is 469 Å². The number of carbonyl (C=O) groups is 6. The van der Waals surface area contributed by atoms with E-state index in [4.69, 9.17) is 47.2 Å².